The van der Waals surface area contributed by atoms with Crippen molar-refractivity contribution in [3.63, 3.8) is 0 Å². The Kier molecular flexibility index (Phi) is 20.7. The fourth-order valence-corrected chi connectivity index (χ4v) is 4.91. The Balaban J connectivity index is 3.81. The first-order valence-corrected chi connectivity index (χ1v) is 15.5. The highest BCUT2D eigenvalue weighted by Gasteiger charge is 2.25. The van der Waals surface area contributed by atoms with Gasteiger partial charge in [0.1, 0.15) is 18.9 Å². The summed E-state index contributed by atoms with van der Waals surface area (Å²) in [7, 11) is 1.91. The number of rotatable bonds is 25. The fourth-order valence-electron chi connectivity index (χ4n) is 4.12. The topological polar surface area (TPSA) is 72.8 Å². The molecule has 0 fully saturated rings. The van der Waals surface area contributed by atoms with E-state index in [4.69, 9.17) is 9.05 Å². The number of quaternary nitrogens is 1. The van der Waals surface area contributed by atoms with Crippen molar-refractivity contribution in [2.75, 3.05) is 40.9 Å². The number of Topliss-reactive ketones (excluding diaryl/α,β-unsaturated/α-hetero) is 1. The molecule has 0 amide bonds. The second-order valence-electron chi connectivity index (χ2n) is 11.1. The van der Waals surface area contributed by atoms with Gasteiger partial charge in [-0.3, -0.25) is 9.05 Å². The minimum absolute atomic E-state index is 0.0260. The van der Waals surface area contributed by atoms with Crippen molar-refractivity contribution in [1.29, 1.82) is 0 Å². The van der Waals surface area contributed by atoms with Gasteiger partial charge in [-0.25, -0.2) is 4.57 Å². The average Bonchev–Trinajstić information content (AvgIpc) is 2.73. The molecule has 2 unspecified atom stereocenters. The molecule has 0 spiro atoms. The van der Waals surface area contributed by atoms with Crippen LogP contribution in [0.4, 0.5) is 0 Å². The molecule has 2 atom stereocenters. The maximum absolute atomic E-state index is 12.1. The Hall–Kier alpha value is -0.260. The van der Waals surface area contributed by atoms with E-state index in [0.29, 0.717) is 17.4 Å². The van der Waals surface area contributed by atoms with E-state index >= 15 is 0 Å². The van der Waals surface area contributed by atoms with Crippen LogP contribution in [-0.4, -0.2) is 56.1 Å². The molecule has 0 aliphatic carbocycles. The lowest BCUT2D eigenvalue weighted by Gasteiger charge is -2.24. The van der Waals surface area contributed by atoms with Crippen LogP contribution >= 0.6 is 7.82 Å². The summed E-state index contributed by atoms with van der Waals surface area (Å²) in [4.78, 5) is 21.5. The van der Waals surface area contributed by atoms with Gasteiger partial charge in [-0.05, 0) is 19.3 Å². The molecule has 0 heterocycles. The highest BCUT2D eigenvalue weighted by molar-refractivity contribution is 7.47. The van der Waals surface area contributed by atoms with Crippen molar-refractivity contribution < 1.29 is 27.8 Å². The minimum atomic E-state index is -4.07. The molecular formula is C27H57NO5P+. The lowest BCUT2D eigenvalue weighted by atomic mass is 9.96. The summed E-state index contributed by atoms with van der Waals surface area (Å²) in [6, 6.07) is 0. The number of hydrogen-bond acceptors (Lipinski definition) is 4. The Morgan fingerprint density at radius 3 is 1.65 bits per heavy atom. The van der Waals surface area contributed by atoms with E-state index in [0.717, 1.165) is 19.3 Å². The van der Waals surface area contributed by atoms with Gasteiger partial charge in [0, 0.05) is 6.42 Å². The van der Waals surface area contributed by atoms with E-state index in [1.807, 2.05) is 21.1 Å². The molecule has 0 radical (unpaired) electrons. The number of likely N-dealkylation sites (N-methyl/N-ethyl adjacent to an activating group) is 1. The molecular weight excluding hydrogens is 449 g/mol. The first-order chi connectivity index (χ1) is 16.1. The number of unbranched alkanes of at least 4 members (excludes halogenated alkanes) is 14. The summed E-state index contributed by atoms with van der Waals surface area (Å²) >= 11 is 0. The molecule has 6 nitrogen and oxygen atoms in total. The maximum Gasteiger partial charge on any atom is 0.472 e. The summed E-state index contributed by atoms with van der Waals surface area (Å²) in [6.07, 6.45) is 21.1. The highest BCUT2D eigenvalue weighted by Crippen LogP contribution is 2.44. The SMILES string of the molecule is CCCCCCCCCCCCCCCCCC(COP(=O)(O)OCC[N+](C)(C)C)CC(C)=O. The molecule has 0 bridgehead atoms. The predicted molar refractivity (Wildman–Crippen MR) is 143 cm³/mol. The number of carbonyl (C=O) groups excluding carboxylic acids is 1. The molecule has 204 valence electrons. The molecule has 0 aliphatic heterocycles. The highest BCUT2D eigenvalue weighted by atomic mass is 31.2. The van der Waals surface area contributed by atoms with Gasteiger partial charge < -0.3 is 14.2 Å². The van der Waals surface area contributed by atoms with Crippen molar-refractivity contribution >= 4 is 13.6 Å². The monoisotopic (exact) mass is 506 g/mol. The van der Waals surface area contributed by atoms with Crippen molar-refractivity contribution in [1.82, 2.24) is 0 Å². The third-order valence-electron chi connectivity index (χ3n) is 6.28. The molecule has 1 N–H and O–H groups in total. The standard InChI is InChI=1S/C27H56NO5P/c1-6-7-8-9-10-11-12-13-14-15-16-17-18-19-20-21-27(24-26(2)29)25-33-34(30,31)32-23-22-28(3,4)5/h27H,6-25H2,1-5H3/p+1. The van der Waals surface area contributed by atoms with Crippen LogP contribution < -0.4 is 0 Å². The van der Waals surface area contributed by atoms with Gasteiger partial charge in [-0.1, -0.05) is 103 Å². The molecule has 0 saturated heterocycles. The quantitative estimate of drug-likeness (QED) is 0.0781. The van der Waals surface area contributed by atoms with Crippen LogP contribution in [0.5, 0.6) is 0 Å². The van der Waals surface area contributed by atoms with E-state index in [2.05, 4.69) is 6.92 Å². The van der Waals surface area contributed by atoms with E-state index in [9.17, 15) is 14.3 Å². The van der Waals surface area contributed by atoms with Crippen LogP contribution in [0.1, 0.15) is 123 Å². The molecule has 7 heteroatoms. The third-order valence-corrected chi connectivity index (χ3v) is 7.27. The number of hydrogen-bond donors (Lipinski definition) is 1. The van der Waals surface area contributed by atoms with Crippen LogP contribution in [0.2, 0.25) is 0 Å². The molecule has 34 heavy (non-hydrogen) atoms. The summed E-state index contributed by atoms with van der Waals surface area (Å²) in [5.74, 6) is 0.0650. The van der Waals surface area contributed by atoms with Crippen LogP contribution in [0, 0.1) is 5.92 Å². The molecule has 0 aromatic rings. The predicted octanol–water partition coefficient (Wildman–Crippen LogP) is 7.68. The Labute approximate surface area is 211 Å². The number of carbonyl (C=O) groups is 1. The van der Waals surface area contributed by atoms with E-state index < -0.39 is 7.82 Å². The number of nitrogens with zero attached hydrogens (tertiary/aromatic N) is 1. The van der Waals surface area contributed by atoms with Gasteiger partial charge >= 0.3 is 7.82 Å². The molecule has 0 aliphatic rings. The molecule has 0 aromatic heterocycles. The second kappa shape index (κ2) is 20.9. The average molecular weight is 507 g/mol. The summed E-state index contributed by atoms with van der Waals surface area (Å²) in [5, 5.41) is 0. The lowest BCUT2D eigenvalue weighted by molar-refractivity contribution is -0.870. The Bertz CT molecular complexity index is 536. The minimum Gasteiger partial charge on any atom is -0.329 e. The van der Waals surface area contributed by atoms with Gasteiger partial charge in [0.05, 0.1) is 27.7 Å². The largest absolute Gasteiger partial charge is 0.472 e. The number of ketones is 1. The number of phosphoric acid groups is 1. The van der Waals surface area contributed by atoms with Gasteiger partial charge in [0.2, 0.25) is 0 Å². The van der Waals surface area contributed by atoms with Crippen LogP contribution in [-0.2, 0) is 18.4 Å². The van der Waals surface area contributed by atoms with Gasteiger partial charge in [-0.2, -0.15) is 0 Å². The van der Waals surface area contributed by atoms with E-state index in [1.54, 1.807) is 6.92 Å². The first kappa shape index (κ1) is 33.7. The first-order valence-electron chi connectivity index (χ1n) is 14.0. The van der Waals surface area contributed by atoms with Gasteiger partial charge in [0.25, 0.3) is 0 Å². The van der Waals surface area contributed by atoms with Crippen molar-refractivity contribution in [3.8, 4) is 0 Å². The fraction of sp³-hybridized carbons (Fsp3) is 0.963. The maximum atomic E-state index is 12.1. The van der Waals surface area contributed by atoms with Crippen LogP contribution in [0.25, 0.3) is 0 Å². The normalized spacial score (nSPS) is 14.8. The molecule has 0 rings (SSSR count). The van der Waals surface area contributed by atoms with Crippen molar-refractivity contribution in [3.05, 3.63) is 0 Å². The zero-order valence-electron chi connectivity index (χ0n) is 23.2. The second-order valence-corrected chi connectivity index (χ2v) is 12.6. The zero-order valence-corrected chi connectivity index (χ0v) is 24.1. The third kappa shape index (κ3) is 24.9. The van der Waals surface area contributed by atoms with E-state index in [-0.39, 0.29) is 24.9 Å². The summed E-state index contributed by atoms with van der Waals surface area (Å²) < 4.78 is 23.1. The Morgan fingerprint density at radius 2 is 1.24 bits per heavy atom. The van der Waals surface area contributed by atoms with E-state index in [1.165, 1.54) is 83.5 Å². The van der Waals surface area contributed by atoms with Crippen LogP contribution in [0.3, 0.4) is 0 Å². The van der Waals surface area contributed by atoms with Gasteiger partial charge in [-0.15, -0.1) is 0 Å². The zero-order chi connectivity index (χ0) is 25.7. The molecule has 0 aromatic carbocycles. The van der Waals surface area contributed by atoms with Crippen LogP contribution in [0.15, 0.2) is 0 Å². The van der Waals surface area contributed by atoms with Gasteiger partial charge in [0.15, 0.2) is 0 Å². The molecule has 0 saturated carbocycles. The summed E-state index contributed by atoms with van der Waals surface area (Å²) in [5.41, 5.74) is 0. The van der Waals surface area contributed by atoms with Crippen molar-refractivity contribution in [2.45, 2.75) is 123 Å². The number of phosphoric ester groups is 1. The summed E-state index contributed by atoms with van der Waals surface area (Å²) in [6.45, 7) is 4.70. The Morgan fingerprint density at radius 1 is 0.794 bits per heavy atom. The lowest BCUT2D eigenvalue weighted by Crippen LogP contribution is -2.37. The van der Waals surface area contributed by atoms with Crippen molar-refractivity contribution in [2.24, 2.45) is 5.92 Å². The smallest absolute Gasteiger partial charge is 0.329 e.